The summed E-state index contributed by atoms with van der Waals surface area (Å²) in [6, 6.07) is 11.8. The molecule has 0 saturated carbocycles. The summed E-state index contributed by atoms with van der Waals surface area (Å²) >= 11 is 0. The summed E-state index contributed by atoms with van der Waals surface area (Å²) in [5.41, 5.74) is 1.46. The van der Waals surface area contributed by atoms with Crippen molar-refractivity contribution in [1.29, 1.82) is 0 Å². The predicted molar refractivity (Wildman–Crippen MR) is 73.9 cm³/mol. The monoisotopic (exact) mass is 304 g/mol. The molecule has 7 heteroatoms. The van der Waals surface area contributed by atoms with Crippen LogP contribution in [-0.2, 0) is 12.6 Å². The third kappa shape index (κ3) is 3.13. The minimum atomic E-state index is -4.45. The summed E-state index contributed by atoms with van der Waals surface area (Å²) in [5, 5.41) is 5.67. The van der Waals surface area contributed by atoms with E-state index in [1.807, 2.05) is 12.1 Å². The SMILES string of the molecule is FC(F)(F)c1cc(Cc2cccc(-c3ccccn3)n2)[nH]n1. The molecule has 3 heterocycles. The van der Waals surface area contributed by atoms with Gasteiger partial charge in [-0.2, -0.15) is 18.3 Å². The number of nitrogens with one attached hydrogen (secondary N) is 1. The van der Waals surface area contributed by atoms with Crippen LogP contribution < -0.4 is 0 Å². The van der Waals surface area contributed by atoms with Crippen LogP contribution in [0, 0.1) is 0 Å². The summed E-state index contributed by atoms with van der Waals surface area (Å²) in [6.45, 7) is 0. The molecule has 0 aliphatic carbocycles. The molecule has 0 spiro atoms. The number of alkyl halides is 3. The molecule has 3 rings (SSSR count). The first-order valence-corrected chi connectivity index (χ1v) is 6.51. The Labute approximate surface area is 124 Å². The van der Waals surface area contributed by atoms with Gasteiger partial charge < -0.3 is 0 Å². The molecule has 0 aliphatic rings. The molecule has 0 saturated heterocycles. The smallest absolute Gasteiger partial charge is 0.282 e. The van der Waals surface area contributed by atoms with Gasteiger partial charge in [-0.1, -0.05) is 12.1 Å². The molecule has 0 atom stereocenters. The highest BCUT2D eigenvalue weighted by molar-refractivity contribution is 5.53. The zero-order valence-electron chi connectivity index (χ0n) is 11.3. The molecule has 0 unspecified atom stereocenters. The Bertz CT molecular complexity index is 766. The van der Waals surface area contributed by atoms with Crippen molar-refractivity contribution >= 4 is 0 Å². The highest BCUT2D eigenvalue weighted by Crippen LogP contribution is 2.28. The number of hydrogen-bond acceptors (Lipinski definition) is 3. The highest BCUT2D eigenvalue weighted by atomic mass is 19.4. The van der Waals surface area contributed by atoms with E-state index in [1.54, 1.807) is 30.5 Å². The number of hydrogen-bond donors (Lipinski definition) is 1. The fourth-order valence-corrected chi connectivity index (χ4v) is 2.03. The highest BCUT2D eigenvalue weighted by Gasteiger charge is 2.33. The molecule has 3 aromatic heterocycles. The second-order valence-electron chi connectivity index (χ2n) is 4.68. The van der Waals surface area contributed by atoms with Crippen molar-refractivity contribution in [2.45, 2.75) is 12.6 Å². The predicted octanol–water partition coefficient (Wildman–Crippen LogP) is 3.48. The third-order valence-corrected chi connectivity index (χ3v) is 3.03. The van der Waals surface area contributed by atoms with Gasteiger partial charge in [0.1, 0.15) is 0 Å². The van der Waals surface area contributed by atoms with Gasteiger partial charge in [0.15, 0.2) is 5.69 Å². The summed E-state index contributed by atoms with van der Waals surface area (Å²) in [7, 11) is 0. The lowest BCUT2D eigenvalue weighted by Crippen LogP contribution is -2.04. The van der Waals surface area contributed by atoms with Crippen LogP contribution in [0.5, 0.6) is 0 Å². The quantitative estimate of drug-likeness (QED) is 0.806. The Balaban J connectivity index is 1.83. The Morgan fingerprint density at radius 2 is 1.82 bits per heavy atom. The van der Waals surface area contributed by atoms with Crippen LogP contribution in [0.3, 0.4) is 0 Å². The average Bonchev–Trinajstić information content (AvgIpc) is 2.97. The number of aromatic nitrogens is 4. The van der Waals surface area contributed by atoms with E-state index in [2.05, 4.69) is 20.2 Å². The van der Waals surface area contributed by atoms with Crippen LogP contribution in [0.4, 0.5) is 13.2 Å². The van der Waals surface area contributed by atoms with E-state index in [4.69, 9.17) is 0 Å². The van der Waals surface area contributed by atoms with Crippen molar-refractivity contribution in [2.75, 3.05) is 0 Å². The van der Waals surface area contributed by atoms with E-state index in [1.165, 1.54) is 0 Å². The van der Waals surface area contributed by atoms with Crippen LogP contribution in [0.1, 0.15) is 17.1 Å². The van der Waals surface area contributed by atoms with Crippen LogP contribution in [0.25, 0.3) is 11.4 Å². The first kappa shape index (κ1) is 14.2. The van der Waals surface area contributed by atoms with E-state index in [9.17, 15) is 13.2 Å². The summed E-state index contributed by atoms with van der Waals surface area (Å²) in [5.74, 6) is 0. The van der Waals surface area contributed by atoms with Crippen molar-refractivity contribution in [2.24, 2.45) is 0 Å². The summed E-state index contributed by atoms with van der Waals surface area (Å²) < 4.78 is 37.6. The van der Waals surface area contributed by atoms with Crippen LogP contribution in [0.2, 0.25) is 0 Å². The number of aromatic amines is 1. The molecule has 1 N–H and O–H groups in total. The Morgan fingerprint density at radius 1 is 1.00 bits per heavy atom. The number of nitrogens with zero attached hydrogens (tertiary/aromatic N) is 3. The fourth-order valence-electron chi connectivity index (χ4n) is 2.03. The van der Waals surface area contributed by atoms with Gasteiger partial charge in [-0.3, -0.25) is 15.1 Å². The molecule has 0 fully saturated rings. The fraction of sp³-hybridized carbons (Fsp3) is 0.133. The molecule has 112 valence electrons. The maximum Gasteiger partial charge on any atom is 0.435 e. The Morgan fingerprint density at radius 3 is 2.50 bits per heavy atom. The second kappa shape index (κ2) is 5.59. The lowest BCUT2D eigenvalue weighted by Gasteiger charge is -2.03. The molecular formula is C15H11F3N4. The van der Waals surface area contributed by atoms with Crippen molar-refractivity contribution in [1.82, 2.24) is 20.2 Å². The third-order valence-electron chi connectivity index (χ3n) is 3.03. The van der Waals surface area contributed by atoms with Crippen LogP contribution in [-0.4, -0.2) is 20.2 Å². The number of halogens is 3. The average molecular weight is 304 g/mol. The molecule has 0 aliphatic heterocycles. The number of rotatable bonds is 3. The Hall–Kier alpha value is -2.70. The molecule has 0 amide bonds. The van der Waals surface area contributed by atoms with E-state index in [0.29, 0.717) is 22.8 Å². The number of H-pyrrole nitrogens is 1. The largest absolute Gasteiger partial charge is 0.435 e. The van der Waals surface area contributed by atoms with E-state index in [-0.39, 0.29) is 6.42 Å². The van der Waals surface area contributed by atoms with Crippen molar-refractivity contribution in [3.63, 3.8) is 0 Å². The van der Waals surface area contributed by atoms with Gasteiger partial charge in [-0.15, -0.1) is 0 Å². The molecule has 3 aromatic rings. The lowest BCUT2D eigenvalue weighted by molar-refractivity contribution is -0.141. The maximum atomic E-state index is 12.5. The van der Waals surface area contributed by atoms with Gasteiger partial charge in [-0.25, -0.2) is 0 Å². The minimum Gasteiger partial charge on any atom is -0.282 e. The zero-order valence-corrected chi connectivity index (χ0v) is 11.3. The maximum absolute atomic E-state index is 12.5. The van der Waals surface area contributed by atoms with Gasteiger partial charge in [-0.05, 0) is 30.3 Å². The lowest BCUT2D eigenvalue weighted by atomic mass is 10.1. The van der Waals surface area contributed by atoms with Crippen molar-refractivity contribution in [3.8, 4) is 11.4 Å². The zero-order chi connectivity index (χ0) is 15.6. The molecule has 22 heavy (non-hydrogen) atoms. The second-order valence-corrected chi connectivity index (χ2v) is 4.68. The van der Waals surface area contributed by atoms with Gasteiger partial charge in [0.2, 0.25) is 0 Å². The normalized spacial score (nSPS) is 11.6. The van der Waals surface area contributed by atoms with Crippen LogP contribution >= 0.6 is 0 Å². The van der Waals surface area contributed by atoms with E-state index < -0.39 is 11.9 Å². The molecule has 4 nitrogen and oxygen atoms in total. The molecule has 0 radical (unpaired) electrons. The van der Waals surface area contributed by atoms with Gasteiger partial charge in [0.05, 0.1) is 11.4 Å². The van der Waals surface area contributed by atoms with E-state index in [0.717, 1.165) is 6.07 Å². The summed E-state index contributed by atoms with van der Waals surface area (Å²) in [6.07, 6.45) is -2.55. The van der Waals surface area contributed by atoms with Crippen molar-refractivity contribution in [3.05, 3.63) is 65.7 Å². The topological polar surface area (TPSA) is 54.5 Å². The summed E-state index contributed by atoms with van der Waals surface area (Å²) in [4.78, 5) is 8.62. The van der Waals surface area contributed by atoms with E-state index >= 15 is 0 Å². The standard InChI is InChI=1S/C15H11F3N4/c16-15(17,18)14-9-11(21-22-14)8-10-4-3-6-13(20-10)12-5-1-2-7-19-12/h1-7,9H,8H2,(H,21,22). The van der Waals surface area contributed by atoms with Gasteiger partial charge in [0, 0.05) is 24.0 Å². The molecule has 0 aromatic carbocycles. The van der Waals surface area contributed by atoms with Gasteiger partial charge >= 0.3 is 6.18 Å². The van der Waals surface area contributed by atoms with Gasteiger partial charge in [0.25, 0.3) is 0 Å². The Kier molecular flexibility index (Phi) is 3.62. The molecular weight excluding hydrogens is 293 g/mol. The minimum absolute atomic E-state index is 0.240. The van der Waals surface area contributed by atoms with Crippen LogP contribution in [0.15, 0.2) is 48.7 Å². The van der Waals surface area contributed by atoms with Crippen molar-refractivity contribution < 1.29 is 13.2 Å². The molecule has 0 bridgehead atoms. The first-order valence-electron chi connectivity index (χ1n) is 6.51. The number of pyridine rings is 2. The first-order chi connectivity index (χ1) is 10.5.